The van der Waals surface area contributed by atoms with Gasteiger partial charge in [0.25, 0.3) is 0 Å². The lowest BCUT2D eigenvalue weighted by Crippen LogP contribution is -2.40. The first kappa shape index (κ1) is 19.1. The van der Waals surface area contributed by atoms with E-state index in [1.54, 1.807) is 0 Å². The molecule has 0 bridgehead atoms. The first-order valence-electron chi connectivity index (χ1n) is 5.14. The number of hydrogen-bond acceptors (Lipinski definition) is 6. The lowest BCUT2D eigenvalue weighted by molar-refractivity contribution is -0.138. The predicted molar refractivity (Wildman–Crippen MR) is 64.0 cm³/mol. The molecule has 0 aliphatic carbocycles. The highest BCUT2D eigenvalue weighted by Gasteiger charge is 2.07. The monoisotopic (exact) mass is 278 g/mol. The molecule has 0 aromatic heterocycles. The highest BCUT2D eigenvalue weighted by Crippen LogP contribution is 1.73. The van der Waals surface area contributed by atoms with Crippen LogP contribution in [0, 0.1) is 0 Å². The van der Waals surface area contributed by atoms with Gasteiger partial charge in [-0.3, -0.25) is 19.2 Å². The number of aliphatic carboxylic acids is 2. The van der Waals surface area contributed by atoms with Crippen LogP contribution in [0.4, 0.5) is 0 Å². The number of nitrogens with one attached hydrogen (secondary N) is 2. The van der Waals surface area contributed by atoms with Crippen LogP contribution in [0.1, 0.15) is 6.92 Å². The van der Waals surface area contributed by atoms with E-state index in [9.17, 15) is 19.2 Å². The summed E-state index contributed by atoms with van der Waals surface area (Å²) in [6.45, 7) is 0.570. The number of amides is 2. The second-order valence-electron chi connectivity index (χ2n) is 3.27. The van der Waals surface area contributed by atoms with E-state index in [0.717, 1.165) is 0 Å². The van der Waals surface area contributed by atoms with Crippen LogP contribution in [0.3, 0.4) is 0 Å². The Kier molecular flexibility index (Phi) is 11.0. The van der Waals surface area contributed by atoms with Gasteiger partial charge in [-0.05, 0) is 6.92 Å². The van der Waals surface area contributed by atoms with Crippen LogP contribution in [0.5, 0.6) is 0 Å². The van der Waals surface area contributed by atoms with E-state index < -0.39 is 29.8 Å². The summed E-state index contributed by atoms with van der Waals surface area (Å²) in [6, 6.07) is -0.653. The summed E-state index contributed by atoms with van der Waals surface area (Å²) >= 11 is 0. The molecule has 0 saturated heterocycles. The Morgan fingerprint density at radius 2 is 1.47 bits per heavy atom. The van der Waals surface area contributed by atoms with Crippen LogP contribution in [0.25, 0.3) is 0 Å². The third-order valence-electron chi connectivity index (χ3n) is 1.45. The fourth-order valence-electron chi connectivity index (χ4n) is 0.570. The molecule has 10 nitrogen and oxygen atoms in total. The molecule has 10 heteroatoms. The molecule has 0 aromatic carbocycles. The van der Waals surface area contributed by atoms with Gasteiger partial charge in [0, 0.05) is 0 Å². The van der Waals surface area contributed by atoms with Crippen molar-refractivity contribution in [2.24, 2.45) is 11.5 Å². The average molecular weight is 278 g/mol. The van der Waals surface area contributed by atoms with Gasteiger partial charge in [0.05, 0.1) is 12.6 Å². The maximum absolute atomic E-state index is 10.5. The molecule has 0 spiro atoms. The van der Waals surface area contributed by atoms with Crippen molar-refractivity contribution in [3.8, 4) is 0 Å². The molecular formula is C9H18N4O6. The maximum atomic E-state index is 10.5. The zero-order valence-corrected chi connectivity index (χ0v) is 10.4. The summed E-state index contributed by atoms with van der Waals surface area (Å²) in [7, 11) is 0. The number of hydrogen-bond donors (Lipinski definition) is 6. The average Bonchev–Trinajstić information content (AvgIpc) is 2.33. The van der Waals surface area contributed by atoms with Crippen LogP contribution in [0.15, 0.2) is 0 Å². The van der Waals surface area contributed by atoms with Crippen molar-refractivity contribution in [1.82, 2.24) is 10.6 Å². The fourth-order valence-corrected chi connectivity index (χ4v) is 0.570. The van der Waals surface area contributed by atoms with Gasteiger partial charge in [-0.25, -0.2) is 0 Å². The number of carboxylic acids is 2. The fraction of sp³-hybridized carbons (Fsp3) is 0.556. The highest BCUT2D eigenvalue weighted by molar-refractivity contribution is 5.84. The molecule has 110 valence electrons. The van der Waals surface area contributed by atoms with Crippen molar-refractivity contribution in [3.05, 3.63) is 0 Å². The summed E-state index contributed by atoms with van der Waals surface area (Å²) in [5, 5.41) is 20.3. The highest BCUT2D eigenvalue weighted by atomic mass is 16.4. The van der Waals surface area contributed by atoms with Crippen molar-refractivity contribution in [2.45, 2.75) is 13.0 Å². The lowest BCUT2D eigenvalue weighted by Gasteiger charge is -2.03. The van der Waals surface area contributed by atoms with E-state index >= 15 is 0 Å². The van der Waals surface area contributed by atoms with Gasteiger partial charge >= 0.3 is 11.9 Å². The third-order valence-corrected chi connectivity index (χ3v) is 1.45. The van der Waals surface area contributed by atoms with E-state index in [1.165, 1.54) is 6.92 Å². The summed E-state index contributed by atoms with van der Waals surface area (Å²) in [5.41, 5.74) is 9.97. The SMILES string of the molecule is CC(N)C(=O)NCC(=O)O.NCC(=O)NCC(=O)O. The molecule has 0 fully saturated rings. The van der Waals surface area contributed by atoms with Crippen LogP contribution in [-0.4, -0.2) is 59.6 Å². The van der Waals surface area contributed by atoms with Gasteiger partial charge < -0.3 is 32.3 Å². The van der Waals surface area contributed by atoms with Crippen LogP contribution < -0.4 is 22.1 Å². The van der Waals surface area contributed by atoms with Gasteiger partial charge in [-0.1, -0.05) is 0 Å². The number of nitrogens with two attached hydrogens (primary N) is 2. The Hall–Kier alpha value is -2.20. The molecule has 0 aromatic rings. The van der Waals surface area contributed by atoms with Gasteiger partial charge in [0.1, 0.15) is 13.1 Å². The van der Waals surface area contributed by atoms with E-state index in [0.29, 0.717) is 0 Å². The predicted octanol–water partition coefficient (Wildman–Crippen LogP) is -3.32. The van der Waals surface area contributed by atoms with Gasteiger partial charge in [0.2, 0.25) is 11.8 Å². The number of carbonyl (C=O) groups excluding carboxylic acids is 2. The Bertz CT molecular complexity index is 331. The minimum Gasteiger partial charge on any atom is -0.480 e. The van der Waals surface area contributed by atoms with Gasteiger partial charge in [-0.15, -0.1) is 0 Å². The van der Waals surface area contributed by atoms with Crippen LogP contribution in [-0.2, 0) is 19.2 Å². The Labute approximate surface area is 109 Å². The Morgan fingerprint density at radius 1 is 1.05 bits per heavy atom. The zero-order chi connectivity index (χ0) is 15.4. The lowest BCUT2D eigenvalue weighted by atomic mass is 10.3. The summed E-state index contributed by atoms with van der Waals surface area (Å²) in [5.74, 6) is -3.06. The molecule has 19 heavy (non-hydrogen) atoms. The first-order valence-corrected chi connectivity index (χ1v) is 5.14. The van der Waals surface area contributed by atoms with Crippen molar-refractivity contribution >= 4 is 23.8 Å². The zero-order valence-electron chi connectivity index (χ0n) is 10.4. The molecule has 0 aliphatic rings. The van der Waals surface area contributed by atoms with Crippen LogP contribution >= 0.6 is 0 Å². The van der Waals surface area contributed by atoms with E-state index in [-0.39, 0.29) is 19.6 Å². The van der Waals surface area contributed by atoms with Crippen molar-refractivity contribution in [2.75, 3.05) is 19.6 Å². The van der Waals surface area contributed by atoms with Crippen LogP contribution in [0.2, 0.25) is 0 Å². The summed E-state index contributed by atoms with van der Waals surface area (Å²) < 4.78 is 0. The van der Waals surface area contributed by atoms with E-state index in [2.05, 4.69) is 10.6 Å². The molecule has 1 unspecified atom stereocenters. The smallest absolute Gasteiger partial charge is 0.322 e. The molecule has 0 heterocycles. The normalized spacial score (nSPS) is 10.5. The topological polar surface area (TPSA) is 185 Å². The largest absolute Gasteiger partial charge is 0.480 e. The molecule has 0 aliphatic heterocycles. The molecule has 0 rings (SSSR count). The quantitative estimate of drug-likeness (QED) is 0.291. The molecule has 0 radical (unpaired) electrons. The maximum Gasteiger partial charge on any atom is 0.322 e. The summed E-state index contributed by atoms with van der Waals surface area (Å²) in [6.07, 6.45) is 0. The number of carbonyl (C=O) groups is 4. The second kappa shape index (κ2) is 10.9. The van der Waals surface area contributed by atoms with E-state index in [4.69, 9.17) is 21.7 Å². The number of carboxylic acid groups (broad SMARTS) is 2. The Morgan fingerprint density at radius 3 is 1.79 bits per heavy atom. The second-order valence-corrected chi connectivity index (χ2v) is 3.27. The minimum atomic E-state index is -1.07. The minimum absolute atomic E-state index is 0.173. The standard InChI is InChI=1S/C5H10N2O3.C4H8N2O3/c1-3(6)5(10)7-2-4(8)9;5-1-3(7)6-2-4(8)9/h3H,2,6H2,1H3,(H,7,10)(H,8,9);1-2,5H2,(H,6,7)(H,8,9). The number of rotatable bonds is 6. The first-order chi connectivity index (χ1) is 8.70. The molecular weight excluding hydrogens is 260 g/mol. The summed E-state index contributed by atoms with van der Waals surface area (Å²) in [4.78, 5) is 40.4. The van der Waals surface area contributed by atoms with Crippen molar-refractivity contribution in [3.63, 3.8) is 0 Å². The molecule has 1 atom stereocenters. The van der Waals surface area contributed by atoms with Crippen molar-refractivity contribution in [1.29, 1.82) is 0 Å². The van der Waals surface area contributed by atoms with E-state index in [1.807, 2.05) is 0 Å². The van der Waals surface area contributed by atoms with Crippen molar-refractivity contribution < 1.29 is 29.4 Å². The van der Waals surface area contributed by atoms with Gasteiger partial charge in [-0.2, -0.15) is 0 Å². The molecule has 0 saturated carbocycles. The van der Waals surface area contributed by atoms with Gasteiger partial charge in [0.15, 0.2) is 0 Å². The molecule has 8 N–H and O–H groups in total. The molecule has 2 amide bonds. The third kappa shape index (κ3) is 15.8. The Balaban J connectivity index is 0.